The van der Waals surface area contributed by atoms with Gasteiger partial charge in [-0.2, -0.15) is 0 Å². The van der Waals surface area contributed by atoms with Gasteiger partial charge in [-0.3, -0.25) is 14.6 Å². The van der Waals surface area contributed by atoms with Crippen molar-refractivity contribution in [2.24, 2.45) is 0 Å². The van der Waals surface area contributed by atoms with Crippen LogP contribution in [0, 0.1) is 0 Å². The number of carbonyl (C=O) groups is 3. The lowest BCUT2D eigenvalue weighted by Gasteiger charge is -2.20. The molecule has 0 saturated carbocycles. The molecular weight excluding hydrogens is 256 g/mol. The zero-order chi connectivity index (χ0) is 14.5. The number of aliphatic hydroxyl groups is 1. The highest BCUT2D eigenvalue weighted by Crippen LogP contribution is 2.17. The molecule has 19 heavy (non-hydrogen) atoms. The van der Waals surface area contributed by atoms with E-state index in [0.717, 1.165) is 0 Å². The molecule has 1 rings (SSSR count). The van der Waals surface area contributed by atoms with Crippen molar-refractivity contribution in [1.29, 1.82) is 0 Å². The van der Waals surface area contributed by atoms with E-state index in [1.807, 2.05) is 0 Å². The van der Waals surface area contributed by atoms with Gasteiger partial charge in [0.15, 0.2) is 5.60 Å². The number of carboxylic acids is 2. The van der Waals surface area contributed by atoms with Crippen LogP contribution in [0.4, 0.5) is 5.69 Å². The van der Waals surface area contributed by atoms with Crippen LogP contribution < -0.4 is 5.32 Å². The molecule has 1 atom stereocenters. The molecule has 102 valence electrons. The second-order valence-corrected chi connectivity index (χ2v) is 3.87. The predicted octanol–water partition coefficient (Wildman–Crippen LogP) is -0.299. The normalized spacial score (nSPS) is 13.3. The van der Waals surface area contributed by atoms with Gasteiger partial charge in [-0.15, -0.1) is 0 Å². The summed E-state index contributed by atoms with van der Waals surface area (Å²) in [6, 6.07) is 2.93. The van der Waals surface area contributed by atoms with Crippen LogP contribution in [-0.2, 0) is 14.4 Å². The van der Waals surface area contributed by atoms with Gasteiger partial charge in [0.05, 0.1) is 12.8 Å². The minimum Gasteiger partial charge on any atom is -0.481 e. The Morgan fingerprint density at radius 2 is 1.74 bits per heavy atom. The minimum absolute atomic E-state index is 0.364. The Balaban J connectivity index is 2.72. The van der Waals surface area contributed by atoms with Crippen molar-refractivity contribution in [1.82, 2.24) is 4.98 Å². The minimum atomic E-state index is -2.64. The van der Waals surface area contributed by atoms with Crippen LogP contribution in [0.25, 0.3) is 0 Å². The Kier molecular flexibility index (Phi) is 4.54. The van der Waals surface area contributed by atoms with Crippen molar-refractivity contribution in [3.63, 3.8) is 0 Å². The lowest BCUT2D eigenvalue weighted by molar-refractivity contribution is -0.167. The molecule has 1 aromatic heterocycles. The average molecular weight is 268 g/mol. The van der Waals surface area contributed by atoms with E-state index in [2.05, 4.69) is 10.3 Å². The van der Waals surface area contributed by atoms with Crippen molar-refractivity contribution >= 4 is 23.5 Å². The maximum atomic E-state index is 11.6. The standard InChI is InChI=1S/C11H12N2O6/c14-8(13-7-1-3-12-4-2-7)5-11(19,10(17)18)6-9(15)16/h1-4,19H,5-6H2,(H,15,16)(H,17,18)(H,12,13,14). The van der Waals surface area contributed by atoms with Gasteiger partial charge < -0.3 is 20.6 Å². The number of aliphatic carboxylic acids is 2. The molecule has 0 aromatic carbocycles. The van der Waals surface area contributed by atoms with E-state index in [9.17, 15) is 19.5 Å². The zero-order valence-electron chi connectivity index (χ0n) is 9.74. The van der Waals surface area contributed by atoms with Crippen molar-refractivity contribution in [2.45, 2.75) is 18.4 Å². The number of nitrogens with zero attached hydrogens (tertiary/aromatic N) is 1. The maximum Gasteiger partial charge on any atom is 0.336 e. The molecule has 0 fully saturated rings. The number of hydrogen-bond acceptors (Lipinski definition) is 5. The van der Waals surface area contributed by atoms with E-state index in [1.165, 1.54) is 24.5 Å². The summed E-state index contributed by atoms with van der Waals surface area (Å²) in [5.74, 6) is -4.08. The first-order chi connectivity index (χ1) is 8.83. The number of hydrogen-bond donors (Lipinski definition) is 4. The summed E-state index contributed by atoms with van der Waals surface area (Å²) in [6.45, 7) is 0. The van der Waals surface area contributed by atoms with Crippen LogP contribution in [0.5, 0.6) is 0 Å². The Morgan fingerprint density at radius 3 is 2.21 bits per heavy atom. The molecule has 0 bridgehead atoms. The van der Waals surface area contributed by atoms with E-state index in [0.29, 0.717) is 5.69 Å². The van der Waals surface area contributed by atoms with Crippen molar-refractivity contribution < 1.29 is 29.7 Å². The third kappa shape index (κ3) is 4.36. The van der Waals surface area contributed by atoms with Gasteiger partial charge in [0, 0.05) is 18.1 Å². The van der Waals surface area contributed by atoms with Gasteiger partial charge in [0.2, 0.25) is 5.91 Å². The molecular formula is C11H12N2O6. The zero-order valence-corrected chi connectivity index (χ0v) is 9.74. The summed E-state index contributed by atoms with van der Waals surface area (Å²) in [4.78, 5) is 36.6. The molecule has 8 nitrogen and oxygen atoms in total. The van der Waals surface area contributed by atoms with E-state index in [1.54, 1.807) is 0 Å². The number of carboxylic acid groups (broad SMARTS) is 2. The quantitative estimate of drug-likeness (QED) is 0.555. The third-order valence-electron chi connectivity index (χ3n) is 2.26. The number of nitrogens with one attached hydrogen (secondary N) is 1. The molecule has 1 heterocycles. The van der Waals surface area contributed by atoms with Crippen LogP contribution >= 0.6 is 0 Å². The number of anilines is 1. The topological polar surface area (TPSA) is 137 Å². The average Bonchev–Trinajstić information content (AvgIpc) is 2.28. The molecule has 1 amide bonds. The van der Waals surface area contributed by atoms with Gasteiger partial charge >= 0.3 is 11.9 Å². The van der Waals surface area contributed by atoms with Crippen LogP contribution in [-0.4, -0.2) is 43.8 Å². The Bertz CT molecular complexity index is 489. The number of aromatic nitrogens is 1. The third-order valence-corrected chi connectivity index (χ3v) is 2.26. The van der Waals surface area contributed by atoms with Gasteiger partial charge in [-0.25, -0.2) is 4.79 Å². The molecule has 0 aliphatic carbocycles. The first-order valence-corrected chi connectivity index (χ1v) is 5.21. The fourth-order valence-corrected chi connectivity index (χ4v) is 1.37. The lowest BCUT2D eigenvalue weighted by atomic mass is 9.95. The van der Waals surface area contributed by atoms with Gasteiger partial charge in [0.25, 0.3) is 0 Å². The number of pyridine rings is 1. The van der Waals surface area contributed by atoms with Gasteiger partial charge in [0.1, 0.15) is 0 Å². The second kappa shape index (κ2) is 5.91. The first kappa shape index (κ1) is 14.6. The summed E-state index contributed by atoms with van der Waals surface area (Å²) >= 11 is 0. The largest absolute Gasteiger partial charge is 0.481 e. The van der Waals surface area contributed by atoms with Crippen LogP contribution in [0.15, 0.2) is 24.5 Å². The van der Waals surface area contributed by atoms with Crippen molar-refractivity contribution in [3.05, 3.63) is 24.5 Å². The van der Waals surface area contributed by atoms with Crippen LogP contribution in [0.3, 0.4) is 0 Å². The molecule has 8 heteroatoms. The summed E-state index contributed by atoms with van der Waals surface area (Å²) in [5.41, 5.74) is -2.27. The summed E-state index contributed by atoms with van der Waals surface area (Å²) in [5, 5.41) is 29.3. The number of carbonyl (C=O) groups excluding carboxylic acids is 1. The molecule has 1 unspecified atom stereocenters. The predicted molar refractivity (Wildman–Crippen MR) is 62.3 cm³/mol. The summed E-state index contributed by atoms with van der Waals surface area (Å²) in [6.07, 6.45) is 0.898. The van der Waals surface area contributed by atoms with Crippen molar-refractivity contribution in [3.8, 4) is 0 Å². The van der Waals surface area contributed by atoms with E-state index < -0.39 is 36.3 Å². The Morgan fingerprint density at radius 1 is 1.16 bits per heavy atom. The first-order valence-electron chi connectivity index (χ1n) is 5.21. The molecule has 0 saturated heterocycles. The Hall–Kier alpha value is -2.48. The van der Waals surface area contributed by atoms with E-state index in [-0.39, 0.29) is 0 Å². The van der Waals surface area contributed by atoms with Crippen molar-refractivity contribution in [2.75, 3.05) is 5.32 Å². The summed E-state index contributed by atoms with van der Waals surface area (Å²) in [7, 11) is 0. The second-order valence-electron chi connectivity index (χ2n) is 3.87. The fraction of sp³-hybridized carbons (Fsp3) is 0.273. The molecule has 0 radical (unpaired) electrons. The lowest BCUT2D eigenvalue weighted by Crippen LogP contribution is -2.43. The number of rotatable bonds is 6. The number of amides is 1. The molecule has 4 N–H and O–H groups in total. The smallest absolute Gasteiger partial charge is 0.336 e. The Labute approximate surface area is 107 Å². The highest BCUT2D eigenvalue weighted by molar-refractivity contribution is 5.96. The monoisotopic (exact) mass is 268 g/mol. The highest BCUT2D eigenvalue weighted by atomic mass is 16.4. The summed E-state index contributed by atoms with van der Waals surface area (Å²) < 4.78 is 0. The SMILES string of the molecule is O=C(O)CC(O)(CC(=O)Nc1ccncc1)C(=O)O. The fourth-order valence-electron chi connectivity index (χ4n) is 1.37. The molecule has 0 aliphatic heterocycles. The van der Waals surface area contributed by atoms with Crippen LogP contribution in [0.2, 0.25) is 0 Å². The molecule has 1 aromatic rings. The van der Waals surface area contributed by atoms with Gasteiger partial charge in [-0.05, 0) is 12.1 Å². The van der Waals surface area contributed by atoms with E-state index >= 15 is 0 Å². The maximum absolute atomic E-state index is 11.6. The van der Waals surface area contributed by atoms with E-state index in [4.69, 9.17) is 10.2 Å². The van der Waals surface area contributed by atoms with Crippen LogP contribution in [0.1, 0.15) is 12.8 Å². The highest BCUT2D eigenvalue weighted by Gasteiger charge is 2.40. The molecule has 0 spiro atoms. The van der Waals surface area contributed by atoms with Gasteiger partial charge in [-0.1, -0.05) is 0 Å². The molecule has 0 aliphatic rings.